The maximum atomic E-state index is 5.94. The van der Waals surface area contributed by atoms with Crippen molar-refractivity contribution in [2.75, 3.05) is 40.3 Å². The Hall–Kier alpha value is -1.95. The van der Waals surface area contributed by atoms with Crippen molar-refractivity contribution in [1.29, 1.82) is 0 Å². The summed E-state index contributed by atoms with van der Waals surface area (Å²) in [5.74, 6) is 2.28. The zero-order valence-corrected chi connectivity index (χ0v) is 16.5. The first kappa shape index (κ1) is 21.1. The van der Waals surface area contributed by atoms with Crippen molar-refractivity contribution in [3.8, 4) is 11.5 Å². The molecule has 1 aromatic carbocycles. The summed E-state index contributed by atoms with van der Waals surface area (Å²) in [6, 6.07) is 8.22. The van der Waals surface area contributed by atoms with E-state index in [1.807, 2.05) is 31.2 Å². The van der Waals surface area contributed by atoms with Gasteiger partial charge in [-0.2, -0.15) is 0 Å². The second-order valence-corrected chi connectivity index (χ2v) is 6.18. The molecule has 0 bridgehead atoms. The summed E-state index contributed by atoms with van der Waals surface area (Å²) in [5, 5.41) is 6.65. The summed E-state index contributed by atoms with van der Waals surface area (Å²) in [6.45, 7) is 12.2. The van der Waals surface area contributed by atoms with E-state index in [0.29, 0.717) is 12.6 Å². The van der Waals surface area contributed by atoms with E-state index in [9.17, 15) is 0 Å². The van der Waals surface area contributed by atoms with Gasteiger partial charge in [-0.3, -0.25) is 9.89 Å². The molecule has 0 aliphatic heterocycles. The van der Waals surface area contributed by atoms with Crippen LogP contribution < -0.4 is 20.1 Å². The number of hydrogen-bond donors (Lipinski definition) is 2. The molecule has 0 saturated heterocycles. The van der Waals surface area contributed by atoms with Crippen molar-refractivity contribution in [3.05, 3.63) is 24.3 Å². The number of hydrogen-bond acceptors (Lipinski definition) is 4. The zero-order valence-electron chi connectivity index (χ0n) is 16.5. The molecule has 1 atom stereocenters. The number of para-hydroxylation sites is 2. The van der Waals surface area contributed by atoms with E-state index in [1.54, 1.807) is 14.2 Å². The van der Waals surface area contributed by atoms with E-state index in [2.05, 4.69) is 41.3 Å². The molecule has 142 valence electrons. The Balaban J connectivity index is 2.38. The zero-order chi connectivity index (χ0) is 18.7. The molecule has 0 radical (unpaired) electrons. The summed E-state index contributed by atoms with van der Waals surface area (Å²) in [4.78, 5) is 6.67. The van der Waals surface area contributed by atoms with Crippen LogP contribution in [0.2, 0.25) is 0 Å². The summed E-state index contributed by atoms with van der Waals surface area (Å²) in [5.41, 5.74) is 0. The van der Waals surface area contributed by atoms with E-state index in [4.69, 9.17) is 9.47 Å². The number of benzene rings is 1. The van der Waals surface area contributed by atoms with E-state index in [0.717, 1.165) is 37.1 Å². The Kier molecular flexibility index (Phi) is 9.77. The third-order valence-corrected chi connectivity index (χ3v) is 4.01. The van der Waals surface area contributed by atoms with Gasteiger partial charge in [-0.25, -0.2) is 0 Å². The van der Waals surface area contributed by atoms with E-state index >= 15 is 0 Å². The maximum Gasteiger partial charge on any atom is 0.191 e. The number of methoxy groups -OCH3 is 1. The van der Waals surface area contributed by atoms with Gasteiger partial charge in [-0.1, -0.05) is 19.1 Å². The average molecular weight is 351 g/mol. The van der Waals surface area contributed by atoms with Crippen molar-refractivity contribution in [2.45, 2.75) is 39.8 Å². The van der Waals surface area contributed by atoms with Gasteiger partial charge in [-0.15, -0.1) is 0 Å². The lowest BCUT2D eigenvalue weighted by molar-refractivity contribution is 0.213. The molecular formula is C19H34N4O2. The van der Waals surface area contributed by atoms with Crippen LogP contribution in [0.25, 0.3) is 0 Å². The van der Waals surface area contributed by atoms with Gasteiger partial charge in [0, 0.05) is 26.2 Å². The van der Waals surface area contributed by atoms with Crippen molar-refractivity contribution < 1.29 is 9.47 Å². The predicted octanol–water partition coefficient (Wildman–Crippen LogP) is 2.36. The number of aliphatic imine (C=N–C) groups is 1. The summed E-state index contributed by atoms with van der Waals surface area (Å²) >= 11 is 0. The first-order valence-electron chi connectivity index (χ1n) is 9.00. The minimum atomic E-state index is -0.0161. The SMILES string of the molecule is CCN(CCNC(=NC)NCC(C)Oc1ccccc1OC)C(C)C. The molecule has 0 amide bonds. The Morgan fingerprint density at radius 3 is 2.40 bits per heavy atom. The van der Waals surface area contributed by atoms with Crippen molar-refractivity contribution in [2.24, 2.45) is 4.99 Å². The monoisotopic (exact) mass is 350 g/mol. The van der Waals surface area contributed by atoms with E-state index in [1.165, 1.54) is 0 Å². The lowest BCUT2D eigenvalue weighted by atomic mass is 10.3. The standard InChI is InChI=1S/C19H34N4O2/c1-7-23(15(2)3)13-12-21-19(20-5)22-14-16(4)25-18-11-9-8-10-17(18)24-6/h8-11,15-16H,7,12-14H2,1-6H3,(H2,20,21,22). The van der Waals surface area contributed by atoms with Crippen LogP contribution in [0.1, 0.15) is 27.7 Å². The van der Waals surface area contributed by atoms with Gasteiger partial charge in [0.25, 0.3) is 0 Å². The van der Waals surface area contributed by atoms with Gasteiger partial charge in [0.1, 0.15) is 6.10 Å². The quantitative estimate of drug-likeness (QED) is 0.501. The lowest BCUT2D eigenvalue weighted by Crippen LogP contribution is -2.45. The largest absolute Gasteiger partial charge is 0.493 e. The fraction of sp³-hybridized carbons (Fsp3) is 0.632. The molecule has 0 spiro atoms. The van der Waals surface area contributed by atoms with Gasteiger partial charge in [0.05, 0.1) is 13.7 Å². The van der Waals surface area contributed by atoms with Crippen molar-refractivity contribution in [3.63, 3.8) is 0 Å². The van der Waals surface area contributed by atoms with Crippen LogP contribution in [0.15, 0.2) is 29.3 Å². The van der Waals surface area contributed by atoms with Crippen LogP contribution >= 0.6 is 0 Å². The first-order chi connectivity index (χ1) is 12.0. The van der Waals surface area contributed by atoms with Crippen molar-refractivity contribution in [1.82, 2.24) is 15.5 Å². The topological polar surface area (TPSA) is 58.1 Å². The number of rotatable bonds is 10. The van der Waals surface area contributed by atoms with Gasteiger partial charge in [0.2, 0.25) is 0 Å². The number of ether oxygens (including phenoxy) is 2. The lowest BCUT2D eigenvalue weighted by Gasteiger charge is -2.25. The number of guanidine groups is 1. The fourth-order valence-electron chi connectivity index (χ4n) is 2.53. The second-order valence-electron chi connectivity index (χ2n) is 6.18. The molecule has 1 rings (SSSR count). The molecule has 25 heavy (non-hydrogen) atoms. The van der Waals surface area contributed by atoms with Crippen molar-refractivity contribution >= 4 is 5.96 Å². The molecule has 1 aromatic rings. The first-order valence-corrected chi connectivity index (χ1v) is 9.00. The van der Waals surface area contributed by atoms with Crippen LogP contribution in [0, 0.1) is 0 Å². The smallest absolute Gasteiger partial charge is 0.191 e. The highest BCUT2D eigenvalue weighted by Gasteiger charge is 2.10. The van der Waals surface area contributed by atoms with Gasteiger partial charge < -0.3 is 20.1 Å². The summed E-state index contributed by atoms with van der Waals surface area (Å²) < 4.78 is 11.3. The molecule has 1 unspecified atom stereocenters. The third-order valence-electron chi connectivity index (χ3n) is 4.01. The molecule has 0 saturated carbocycles. The Labute approximate surface area is 152 Å². The fourth-order valence-corrected chi connectivity index (χ4v) is 2.53. The highest BCUT2D eigenvalue weighted by Crippen LogP contribution is 2.26. The number of likely N-dealkylation sites (N-methyl/N-ethyl adjacent to an activating group) is 1. The molecule has 6 heteroatoms. The molecule has 0 aliphatic rings. The molecule has 0 fully saturated rings. The number of nitrogens with zero attached hydrogens (tertiary/aromatic N) is 2. The van der Waals surface area contributed by atoms with Crippen LogP contribution in [0.4, 0.5) is 0 Å². The Morgan fingerprint density at radius 2 is 1.84 bits per heavy atom. The normalized spacial score (nSPS) is 13.0. The van der Waals surface area contributed by atoms with E-state index < -0.39 is 0 Å². The van der Waals surface area contributed by atoms with E-state index in [-0.39, 0.29) is 6.10 Å². The Bertz CT molecular complexity index is 520. The molecule has 0 aromatic heterocycles. The molecule has 0 heterocycles. The third kappa shape index (κ3) is 7.65. The summed E-state index contributed by atoms with van der Waals surface area (Å²) in [7, 11) is 3.43. The second kappa shape index (κ2) is 11.6. The Morgan fingerprint density at radius 1 is 1.16 bits per heavy atom. The predicted molar refractivity (Wildman–Crippen MR) is 105 cm³/mol. The van der Waals surface area contributed by atoms with Crippen LogP contribution in [0.3, 0.4) is 0 Å². The highest BCUT2D eigenvalue weighted by atomic mass is 16.5. The molecule has 0 aliphatic carbocycles. The molecular weight excluding hydrogens is 316 g/mol. The average Bonchev–Trinajstić information content (AvgIpc) is 2.61. The number of nitrogens with one attached hydrogen (secondary N) is 2. The summed E-state index contributed by atoms with van der Waals surface area (Å²) in [6.07, 6.45) is -0.0161. The van der Waals surface area contributed by atoms with Crippen LogP contribution in [-0.2, 0) is 0 Å². The minimum absolute atomic E-state index is 0.0161. The molecule has 6 nitrogen and oxygen atoms in total. The van der Waals surface area contributed by atoms with Crippen LogP contribution in [-0.4, -0.2) is 63.3 Å². The van der Waals surface area contributed by atoms with Crippen LogP contribution in [0.5, 0.6) is 11.5 Å². The highest BCUT2D eigenvalue weighted by molar-refractivity contribution is 5.79. The van der Waals surface area contributed by atoms with Gasteiger partial charge >= 0.3 is 0 Å². The molecule has 2 N–H and O–H groups in total. The van der Waals surface area contributed by atoms with Gasteiger partial charge in [0.15, 0.2) is 17.5 Å². The maximum absolute atomic E-state index is 5.94. The van der Waals surface area contributed by atoms with Gasteiger partial charge in [-0.05, 0) is 39.4 Å². The minimum Gasteiger partial charge on any atom is -0.493 e.